The number of hydrogen-bond donors (Lipinski definition) is 1. The molecule has 3 aromatic carbocycles. The number of rotatable bonds is 2. The summed E-state index contributed by atoms with van der Waals surface area (Å²) in [7, 11) is 1.04. The highest BCUT2D eigenvalue weighted by molar-refractivity contribution is 8.33. The first kappa shape index (κ1) is 16.7. The molecule has 0 amide bonds. The van der Waals surface area contributed by atoms with Crippen LogP contribution in [0.25, 0.3) is 21.9 Å². The minimum atomic E-state index is -0.980. The number of benzene rings is 3. The van der Waals surface area contributed by atoms with Crippen LogP contribution in [0.3, 0.4) is 0 Å². The van der Waals surface area contributed by atoms with E-state index in [1.54, 1.807) is 4.90 Å². The number of fused-ring (bicyclic) bond motifs is 5. The van der Waals surface area contributed by atoms with Crippen LogP contribution in [0.5, 0.6) is 0 Å². The molecule has 1 nitrogen and oxygen atoms in total. The van der Waals surface area contributed by atoms with Crippen molar-refractivity contribution < 1.29 is 0 Å². The van der Waals surface area contributed by atoms with Gasteiger partial charge in [-0.15, -0.1) is 0 Å². The molecule has 1 atom stereocenters. The van der Waals surface area contributed by atoms with Crippen LogP contribution in [-0.2, 0) is 0 Å². The molecule has 0 spiro atoms. The molecule has 1 N–H and O–H groups in total. The van der Waals surface area contributed by atoms with Crippen molar-refractivity contribution in [1.29, 1.82) is 0 Å². The maximum absolute atomic E-state index is 3.38. The van der Waals surface area contributed by atoms with Crippen LogP contribution in [0.1, 0.15) is 17.9 Å². The van der Waals surface area contributed by atoms with Crippen molar-refractivity contribution in [1.82, 2.24) is 5.32 Å². The van der Waals surface area contributed by atoms with Crippen molar-refractivity contribution in [3.05, 3.63) is 84.1 Å². The lowest BCUT2D eigenvalue weighted by Crippen LogP contribution is -2.16. The Morgan fingerprint density at radius 3 is 2.67 bits per heavy atom. The van der Waals surface area contributed by atoms with Crippen LogP contribution in [-0.4, -0.2) is 19.6 Å². The second-order valence-electron chi connectivity index (χ2n) is 7.83. The van der Waals surface area contributed by atoms with Gasteiger partial charge in [-0.05, 0) is 58.5 Å². The minimum absolute atomic E-state index is 0.426. The van der Waals surface area contributed by atoms with Gasteiger partial charge in [-0.25, -0.2) is 0 Å². The van der Waals surface area contributed by atoms with Gasteiger partial charge in [0.15, 0.2) is 0 Å². The largest absolute Gasteiger partial charge is 0.391 e. The first-order valence-electron chi connectivity index (χ1n) is 9.55. The average Bonchev–Trinajstić information content (AvgIpc) is 2.95. The summed E-state index contributed by atoms with van der Waals surface area (Å²) in [5.41, 5.74) is 5.56. The Hall–Kier alpha value is -2.45. The molecule has 136 valence electrons. The highest BCUT2D eigenvalue weighted by Gasteiger charge is 2.33. The van der Waals surface area contributed by atoms with Crippen LogP contribution >= 0.6 is 10.0 Å². The van der Waals surface area contributed by atoms with Gasteiger partial charge in [0.25, 0.3) is 0 Å². The predicted molar refractivity (Wildman–Crippen MR) is 119 cm³/mol. The van der Waals surface area contributed by atoms with Crippen LogP contribution in [0.2, 0.25) is 0 Å². The van der Waals surface area contributed by atoms with E-state index in [0.29, 0.717) is 5.92 Å². The number of allylic oxidation sites excluding steroid dienone is 4. The Morgan fingerprint density at radius 2 is 1.81 bits per heavy atom. The Balaban J connectivity index is 1.69. The summed E-state index contributed by atoms with van der Waals surface area (Å²) in [5, 5.41) is 6.17. The fourth-order valence-electron chi connectivity index (χ4n) is 4.75. The minimum Gasteiger partial charge on any atom is -0.391 e. The van der Waals surface area contributed by atoms with E-state index in [4.69, 9.17) is 0 Å². The summed E-state index contributed by atoms with van der Waals surface area (Å²) in [6.45, 7) is 0. The van der Waals surface area contributed by atoms with Crippen LogP contribution in [0.4, 0.5) is 0 Å². The SMILES string of the molecule is CNC1=CC=CCC1c1ccc2c3c(ccc2c1)-c1ccccc1S3(C)C. The van der Waals surface area contributed by atoms with Gasteiger partial charge >= 0.3 is 0 Å². The Labute approximate surface area is 163 Å². The average molecular weight is 372 g/mol. The first-order valence-corrected chi connectivity index (χ1v) is 12.0. The van der Waals surface area contributed by atoms with Crippen LogP contribution in [0, 0.1) is 0 Å². The molecular formula is C25H25NS. The van der Waals surface area contributed by atoms with Gasteiger partial charge in [0.2, 0.25) is 0 Å². The van der Waals surface area contributed by atoms with Crippen molar-refractivity contribution in [2.75, 3.05) is 19.6 Å². The zero-order valence-electron chi connectivity index (χ0n) is 16.1. The van der Waals surface area contributed by atoms with E-state index >= 15 is 0 Å². The predicted octanol–water partition coefficient (Wildman–Crippen LogP) is 6.45. The monoisotopic (exact) mass is 371 g/mol. The molecule has 3 aromatic rings. The normalized spacial score (nSPS) is 20.7. The molecular weight excluding hydrogens is 346 g/mol. The summed E-state index contributed by atoms with van der Waals surface area (Å²) < 4.78 is 0. The lowest BCUT2D eigenvalue weighted by molar-refractivity contribution is 0.729. The maximum Gasteiger partial charge on any atom is 0.0272 e. The number of hydrogen-bond acceptors (Lipinski definition) is 1. The van der Waals surface area contributed by atoms with E-state index in [2.05, 4.69) is 90.7 Å². The maximum atomic E-state index is 3.38. The number of nitrogens with one attached hydrogen (secondary N) is 1. The summed E-state index contributed by atoms with van der Waals surface area (Å²) in [4.78, 5) is 3.08. The fraction of sp³-hybridized carbons (Fsp3) is 0.200. The third kappa shape index (κ3) is 2.40. The quantitative estimate of drug-likeness (QED) is 0.546. The van der Waals surface area contributed by atoms with Gasteiger partial charge < -0.3 is 5.32 Å². The third-order valence-electron chi connectivity index (χ3n) is 6.08. The Morgan fingerprint density at radius 1 is 0.963 bits per heavy atom. The van der Waals surface area contributed by atoms with E-state index in [9.17, 15) is 0 Å². The van der Waals surface area contributed by atoms with Gasteiger partial charge in [0.05, 0.1) is 0 Å². The van der Waals surface area contributed by atoms with Crippen molar-refractivity contribution >= 4 is 20.8 Å². The van der Waals surface area contributed by atoms with E-state index in [1.807, 2.05) is 7.05 Å². The molecule has 1 heterocycles. The molecule has 2 heteroatoms. The molecule has 0 saturated carbocycles. The van der Waals surface area contributed by atoms with Crippen molar-refractivity contribution in [2.45, 2.75) is 22.1 Å². The van der Waals surface area contributed by atoms with E-state index in [0.717, 1.165) is 6.42 Å². The fourth-order valence-corrected chi connectivity index (χ4v) is 7.58. The zero-order valence-corrected chi connectivity index (χ0v) is 16.9. The van der Waals surface area contributed by atoms with Crippen molar-refractivity contribution in [2.24, 2.45) is 0 Å². The highest BCUT2D eigenvalue weighted by atomic mass is 32.3. The zero-order chi connectivity index (χ0) is 18.6. The van der Waals surface area contributed by atoms with Gasteiger partial charge in [-0.3, -0.25) is 0 Å². The van der Waals surface area contributed by atoms with E-state index in [1.165, 1.54) is 38.1 Å². The van der Waals surface area contributed by atoms with E-state index < -0.39 is 10.0 Å². The molecule has 1 unspecified atom stereocenters. The topological polar surface area (TPSA) is 12.0 Å². The molecule has 5 rings (SSSR count). The molecule has 1 aliphatic carbocycles. The summed E-state index contributed by atoms with van der Waals surface area (Å²) >= 11 is 0. The molecule has 0 radical (unpaired) electrons. The van der Waals surface area contributed by atoms with Crippen molar-refractivity contribution in [3.8, 4) is 11.1 Å². The van der Waals surface area contributed by atoms with Crippen LogP contribution < -0.4 is 5.32 Å². The first-order chi connectivity index (χ1) is 13.1. The molecule has 0 bridgehead atoms. The van der Waals surface area contributed by atoms with Gasteiger partial charge in [-0.2, -0.15) is 10.0 Å². The summed E-state index contributed by atoms with van der Waals surface area (Å²) in [5.74, 6) is 0.426. The Kier molecular flexibility index (Phi) is 3.73. The molecule has 0 saturated heterocycles. The van der Waals surface area contributed by atoms with Crippen LogP contribution in [0.15, 0.2) is 88.3 Å². The smallest absolute Gasteiger partial charge is 0.0272 e. The van der Waals surface area contributed by atoms with Gasteiger partial charge in [-0.1, -0.05) is 60.7 Å². The molecule has 27 heavy (non-hydrogen) atoms. The molecule has 1 aliphatic heterocycles. The van der Waals surface area contributed by atoms with Crippen molar-refractivity contribution in [3.63, 3.8) is 0 Å². The summed E-state index contributed by atoms with van der Waals surface area (Å²) in [6, 6.07) is 20.7. The Bertz CT molecular complexity index is 1120. The molecule has 2 aliphatic rings. The second kappa shape index (κ2) is 6.03. The van der Waals surface area contributed by atoms with Gasteiger partial charge in [0, 0.05) is 28.5 Å². The second-order valence-corrected chi connectivity index (χ2v) is 11.3. The van der Waals surface area contributed by atoms with Gasteiger partial charge in [0.1, 0.15) is 0 Å². The third-order valence-corrected chi connectivity index (χ3v) is 9.00. The lowest BCUT2D eigenvalue weighted by atomic mass is 9.88. The van der Waals surface area contributed by atoms with E-state index in [-0.39, 0.29) is 0 Å². The molecule has 0 fully saturated rings. The molecule has 0 aromatic heterocycles. The highest BCUT2D eigenvalue weighted by Crippen LogP contribution is 2.68. The number of likely N-dealkylation sites (N-methyl/N-ethyl adjacent to an activating group) is 1. The summed E-state index contributed by atoms with van der Waals surface area (Å²) in [6.07, 6.45) is 12.6. The standard InChI is InChI=1S/C25H25NS/c1-26-23-10-6-4-8-19(23)17-12-14-20-18(16-17)13-15-22-21-9-5-7-11-24(21)27(2,3)25(20)22/h4-7,9-16,19,26H,8H2,1-3H3. The lowest BCUT2D eigenvalue weighted by Gasteiger charge is -2.29.